The third-order valence-electron chi connectivity index (χ3n) is 2.22. The lowest BCUT2D eigenvalue weighted by Crippen LogP contribution is -2.39. The van der Waals surface area contributed by atoms with Crippen molar-refractivity contribution in [1.29, 1.82) is 0 Å². The number of rotatable bonds is 3. The van der Waals surface area contributed by atoms with Gasteiger partial charge in [0.2, 0.25) is 0 Å². The number of hydrogen-bond acceptors (Lipinski definition) is 2. The second-order valence-corrected chi connectivity index (χ2v) is 3.52. The summed E-state index contributed by atoms with van der Waals surface area (Å²) in [6.45, 7) is 6.69. The molecule has 11 heavy (non-hydrogen) atoms. The first-order valence-corrected chi connectivity index (χ1v) is 4.24. The van der Waals surface area contributed by atoms with Gasteiger partial charge in [-0.3, -0.25) is 4.90 Å². The molecule has 1 N–H and O–H groups in total. The van der Waals surface area contributed by atoms with Crippen molar-refractivity contribution in [3.05, 3.63) is 12.2 Å². The molecule has 1 heterocycles. The Kier molecular flexibility index (Phi) is 2.68. The van der Waals surface area contributed by atoms with Crippen LogP contribution in [0.2, 0.25) is 0 Å². The van der Waals surface area contributed by atoms with Gasteiger partial charge in [-0.2, -0.15) is 0 Å². The van der Waals surface area contributed by atoms with Crippen LogP contribution >= 0.6 is 0 Å². The lowest BCUT2D eigenvalue weighted by molar-refractivity contribution is 0.0245. The zero-order valence-corrected chi connectivity index (χ0v) is 7.38. The summed E-state index contributed by atoms with van der Waals surface area (Å²) in [4.78, 5) is 2.24. The van der Waals surface area contributed by atoms with Crippen molar-refractivity contribution < 1.29 is 5.11 Å². The summed E-state index contributed by atoms with van der Waals surface area (Å²) < 4.78 is 0. The molecule has 2 nitrogen and oxygen atoms in total. The second-order valence-electron chi connectivity index (χ2n) is 3.52. The molecular formula is C9H17NO. The van der Waals surface area contributed by atoms with Gasteiger partial charge in [0.1, 0.15) is 0 Å². The molecule has 1 rings (SSSR count). The lowest BCUT2D eigenvalue weighted by Gasteiger charge is -2.27. The summed E-state index contributed by atoms with van der Waals surface area (Å²) >= 11 is 0. The second kappa shape index (κ2) is 3.37. The van der Waals surface area contributed by atoms with Crippen molar-refractivity contribution in [3.8, 4) is 0 Å². The molecular weight excluding hydrogens is 138 g/mol. The fourth-order valence-corrected chi connectivity index (χ4v) is 1.24. The van der Waals surface area contributed by atoms with E-state index in [0.717, 1.165) is 26.1 Å². The van der Waals surface area contributed by atoms with Gasteiger partial charge in [0, 0.05) is 19.6 Å². The molecule has 0 fully saturated rings. The Bertz CT molecular complexity index is 144. The van der Waals surface area contributed by atoms with Gasteiger partial charge >= 0.3 is 0 Å². The van der Waals surface area contributed by atoms with Crippen LogP contribution in [0.15, 0.2) is 12.2 Å². The molecule has 0 aromatic carbocycles. The summed E-state index contributed by atoms with van der Waals surface area (Å²) in [5.41, 5.74) is -0.508. The number of nitrogens with zero attached hydrogens (tertiary/aromatic N) is 1. The molecule has 2 heteroatoms. The number of hydrogen-bond donors (Lipinski definition) is 1. The van der Waals surface area contributed by atoms with Crippen LogP contribution in [0.4, 0.5) is 0 Å². The topological polar surface area (TPSA) is 23.5 Å². The van der Waals surface area contributed by atoms with Crippen molar-refractivity contribution in [2.75, 3.05) is 19.6 Å². The average molecular weight is 155 g/mol. The molecule has 0 spiro atoms. The monoisotopic (exact) mass is 155 g/mol. The van der Waals surface area contributed by atoms with Crippen LogP contribution in [0.5, 0.6) is 0 Å². The molecule has 0 saturated carbocycles. The largest absolute Gasteiger partial charge is 0.389 e. The minimum absolute atomic E-state index is 0.508. The number of aliphatic hydroxyl groups is 1. The van der Waals surface area contributed by atoms with Crippen molar-refractivity contribution in [2.24, 2.45) is 0 Å². The van der Waals surface area contributed by atoms with Gasteiger partial charge < -0.3 is 5.11 Å². The summed E-state index contributed by atoms with van der Waals surface area (Å²) in [6, 6.07) is 0. The standard InChI is InChI=1S/C9H17NO/c1-3-9(2,11)8-10-6-4-5-7-10/h4-5,11H,3,6-8H2,1-2H3. The molecule has 0 saturated heterocycles. The van der Waals surface area contributed by atoms with Gasteiger partial charge in [-0.15, -0.1) is 0 Å². The molecule has 1 unspecified atom stereocenters. The van der Waals surface area contributed by atoms with Gasteiger partial charge in [-0.25, -0.2) is 0 Å². The van der Waals surface area contributed by atoms with E-state index in [0.29, 0.717) is 0 Å². The van der Waals surface area contributed by atoms with E-state index in [-0.39, 0.29) is 0 Å². The molecule has 0 amide bonds. The first-order valence-electron chi connectivity index (χ1n) is 4.24. The van der Waals surface area contributed by atoms with E-state index >= 15 is 0 Å². The lowest BCUT2D eigenvalue weighted by atomic mass is 10.0. The molecule has 0 aromatic heterocycles. The maximum absolute atomic E-state index is 9.71. The average Bonchev–Trinajstić information content (AvgIpc) is 2.39. The van der Waals surface area contributed by atoms with Crippen LogP contribution in [-0.2, 0) is 0 Å². The SMILES string of the molecule is CCC(C)(O)CN1CC=CC1. The summed E-state index contributed by atoms with van der Waals surface area (Å²) in [5, 5.41) is 9.71. The van der Waals surface area contributed by atoms with Gasteiger partial charge in [0.05, 0.1) is 5.60 Å². The van der Waals surface area contributed by atoms with Gasteiger partial charge in [-0.1, -0.05) is 19.1 Å². The van der Waals surface area contributed by atoms with E-state index in [1.807, 2.05) is 13.8 Å². The molecule has 0 radical (unpaired) electrons. The van der Waals surface area contributed by atoms with E-state index in [2.05, 4.69) is 17.1 Å². The Labute approximate surface area is 68.5 Å². The van der Waals surface area contributed by atoms with E-state index in [4.69, 9.17) is 0 Å². The minimum atomic E-state index is -0.508. The maximum Gasteiger partial charge on any atom is 0.0743 e. The summed E-state index contributed by atoms with van der Waals surface area (Å²) in [6.07, 6.45) is 5.11. The van der Waals surface area contributed by atoms with E-state index < -0.39 is 5.60 Å². The molecule has 0 aromatic rings. The Morgan fingerprint density at radius 1 is 1.45 bits per heavy atom. The van der Waals surface area contributed by atoms with E-state index in [1.54, 1.807) is 0 Å². The highest BCUT2D eigenvalue weighted by molar-refractivity contribution is 4.96. The zero-order valence-electron chi connectivity index (χ0n) is 7.38. The molecule has 1 aliphatic rings. The van der Waals surface area contributed by atoms with Crippen molar-refractivity contribution in [1.82, 2.24) is 4.90 Å². The van der Waals surface area contributed by atoms with Crippen molar-refractivity contribution in [3.63, 3.8) is 0 Å². The van der Waals surface area contributed by atoms with Crippen LogP contribution < -0.4 is 0 Å². The maximum atomic E-state index is 9.71. The Morgan fingerprint density at radius 3 is 2.45 bits per heavy atom. The first kappa shape index (κ1) is 8.75. The highest BCUT2D eigenvalue weighted by Gasteiger charge is 2.21. The smallest absolute Gasteiger partial charge is 0.0743 e. The third-order valence-corrected chi connectivity index (χ3v) is 2.22. The molecule has 0 aliphatic carbocycles. The van der Waals surface area contributed by atoms with Crippen molar-refractivity contribution >= 4 is 0 Å². The fourth-order valence-electron chi connectivity index (χ4n) is 1.24. The van der Waals surface area contributed by atoms with Crippen LogP contribution in [0.1, 0.15) is 20.3 Å². The quantitative estimate of drug-likeness (QED) is 0.615. The van der Waals surface area contributed by atoms with Crippen LogP contribution in [-0.4, -0.2) is 35.2 Å². The predicted molar refractivity (Wildman–Crippen MR) is 46.5 cm³/mol. The normalized spacial score (nSPS) is 23.9. The third kappa shape index (κ3) is 2.64. The highest BCUT2D eigenvalue weighted by atomic mass is 16.3. The Morgan fingerprint density at radius 2 is 2.00 bits per heavy atom. The molecule has 1 atom stereocenters. The van der Waals surface area contributed by atoms with Crippen LogP contribution in [0.3, 0.4) is 0 Å². The van der Waals surface area contributed by atoms with Gasteiger partial charge in [0.25, 0.3) is 0 Å². The highest BCUT2D eigenvalue weighted by Crippen LogP contribution is 2.12. The van der Waals surface area contributed by atoms with Gasteiger partial charge in [-0.05, 0) is 13.3 Å². The summed E-state index contributed by atoms with van der Waals surface area (Å²) in [7, 11) is 0. The van der Waals surface area contributed by atoms with Crippen LogP contribution in [0.25, 0.3) is 0 Å². The van der Waals surface area contributed by atoms with Gasteiger partial charge in [0.15, 0.2) is 0 Å². The van der Waals surface area contributed by atoms with E-state index in [1.165, 1.54) is 0 Å². The van der Waals surface area contributed by atoms with E-state index in [9.17, 15) is 5.11 Å². The number of β-amino-alcohol motifs (C(OH)–C–C–N with tert-alkyl or cyclic N) is 1. The zero-order chi connectivity index (χ0) is 8.32. The Balaban J connectivity index is 2.30. The van der Waals surface area contributed by atoms with Crippen LogP contribution in [0, 0.1) is 0 Å². The Hall–Kier alpha value is -0.340. The fraction of sp³-hybridized carbons (Fsp3) is 0.778. The molecule has 64 valence electrons. The first-order chi connectivity index (χ1) is 5.14. The minimum Gasteiger partial charge on any atom is -0.389 e. The van der Waals surface area contributed by atoms with Crippen molar-refractivity contribution in [2.45, 2.75) is 25.9 Å². The molecule has 1 aliphatic heterocycles. The predicted octanol–water partition coefficient (Wildman–Crippen LogP) is 1.02. The summed E-state index contributed by atoms with van der Waals surface area (Å²) in [5.74, 6) is 0. The molecule has 0 bridgehead atoms.